The van der Waals surface area contributed by atoms with Gasteiger partial charge in [0.25, 0.3) is 0 Å². The molecular weight excluding hydrogens is 1290 g/mol. The largest absolute Gasteiger partial charge is 0.508 e. The van der Waals surface area contributed by atoms with E-state index < -0.39 is 42.8 Å². The molecule has 0 saturated heterocycles. The van der Waals surface area contributed by atoms with E-state index in [9.17, 15) is 29.4 Å². The quantitative estimate of drug-likeness (QED) is 0.0381. The molecule has 2 N–H and O–H groups in total. The van der Waals surface area contributed by atoms with Crippen molar-refractivity contribution in [2.24, 2.45) is 101 Å². The zero-order chi connectivity index (χ0) is 74.4. The molecule has 2 aromatic rings. The monoisotopic (exact) mass is 1420 g/mol. The Morgan fingerprint density at radius 1 is 0.447 bits per heavy atom. The molecule has 1 unspecified atom stereocenters. The van der Waals surface area contributed by atoms with Crippen LogP contribution >= 0.6 is 0 Å². The number of carbonyl (C=O) groups is 4. The molecule has 14 heteroatoms. The van der Waals surface area contributed by atoms with Crippen LogP contribution in [0.25, 0.3) is 12.2 Å². The lowest BCUT2D eigenvalue weighted by Crippen LogP contribution is -2.58. The van der Waals surface area contributed by atoms with E-state index in [0.717, 1.165) is 51.4 Å². The van der Waals surface area contributed by atoms with Gasteiger partial charge in [-0.2, -0.15) is 0 Å². The van der Waals surface area contributed by atoms with Crippen molar-refractivity contribution in [3.05, 3.63) is 94.8 Å². The molecular formula is C89H126O14. The molecule has 8 fully saturated rings. The lowest BCUT2D eigenvalue weighted by atomic mass is 9.42. The first-order valence-corrected chi connectivity index (χ1v) is 39.5. The number of aliphatic hydroxyl groups is 2. The highest BCUT2D eigenvalue weighted by Gasteiger charge is 2.66. The van der Waals surface area contributed by atoms with Crippen LogP contribution in [0.3, 0.4) is 0 Å². The summed E-state index contributed by atoms with van der Waals surface area (Å²) >= 11 is 0. The Morgan fingerprint density at radius 3 is 1.24 bits per heavy atom. The van der Waals surface area contributed by atoms with Gasteiger partial charge in [0.05, 0.1) is 32.5 Å². The molecule has 103 heavy (non-hydrogen) atoms. The number of aliphatic hydroxyl groups excluding tert-OH is 2. The van der Waals surface area contributed by atoms with Crippen LogP contribution in [0, 0.1) is 101 Å². The molecule has 14 nitrogen and oxygen atoms in total. The van der Waals surface area contributed by atoms with Gasteiger partial charge in [0.2, 0.25) is 0 Å². The number of rotatable bonds is 17. The van der Waals surface area contributed by atoms with Crippen LogP contribution in [-0.4, -0.2) is 93.0 Å². The molecule has 12 rings (SSSR count). The van der Waals surface area contributed by atoms with Gasteiger partial charge in [-0.1, -0.05) is 151 Å². The number of allylic oxidation sites excluding steroid dienone is 5. The van der Waals surface area contributed by atoms with Crippen LogP contribution in [0.2, 0.25) is 0 Å². The lowest BCUT2D eigenvalue weighted by Gasteiger charge is -2.64. The Morgan fingerprint density at radius 2 is 0.835 bits per heavy atom. The summed E-state index contributed by atoms with van der Waals surface area (Å²) in [5, 5.41) is 21.8. The van der Waals surface area contributed by atoms with Crippen LogP contribution in [-0.2, 0) is 38.1 Å². The molecule has 0 spiro atoms. The average molecular weight is 1420 g/mol. The van der Waals surface area contributed by atoms with Crippen LogP contribution in [0.15, 0.2) is 83.7 Å². The molecule has 8 saturated carbocycles. The number of ether oxygens (including phenoxy) is 8. The number of carbonyl (C=O) groups excluding carboxylic acids is 4. The number of fused-ring (bicyclic) bond motifs is 12. The van der Waals surface area contributed by atoms with Crippen molar-refractivity contribution in [3.63, 3.8) is 0 Å². The zero-order valence-corrected chi connectivity index (χ0v) is 65.9. The standard InChI is InChI=1S/C89H126O14/c1-80(2)68-35-41-84(9)52-56-23-31-66-82(5,6)74(39-43-86(66,11)60(56)27-33-70(84)88(68,13)45-37-72(80)98-17)102-78(94)50-76(92)100-62-29-21-54(47-64(62)96-15)19-25-58(90)49-59(91)26-20-55-22-30-63(65(48-55)97-16)101-77(93)51-79(95)103-75-40-44-87(12)61-28-34-71-85(10,53-57(61)24-32-67(87)83(75,7)8)42-36-69-81(3,4)73(99-18)38-46-89(69,71)14/h19-26,29-30,47-49,58,60-61,66-75,90-91H,27-28,31-46,50-53H2,1-18H3/b25-19+,26-20+,59-49-/t58?,60-,61-,66-,67-,68-,69-,70+,71+,72-,73-,74-,75-,84+,85+,86+,87+,88-,89-/m1/s1. The van der Waals surface area contributed by atoms with Crippen molar-refractivity contribution in [1.82, 2.24) is 0 Å². The summed E-state index contributed by atoms with van der Waals surface area (Å²) in [6, 6.07) is 9.78. The Kier molecular flexibility index (Phi) is 21.3. The molecule has 0 bridgehead atoms. The summed E-state index contributed by atoms with van der Waals surface area (Å²) in [6.45, 7) is 34.5. The SMILES string of the molecule is COc1cc(/C=C/C(O)=C/C(O)/C=C/c2ccc(OC(=O)CC(=O)O[C@@H]3CC[C@@]4(C)[C@@H]5CC[C@H]6[C@@](C)(CC[C@@H]7C(C)(C)[C@H](OC)CC[C@]76C)CC5=CC[C@@H]4C3(C)C)c(OC)c2)ccc1OC(=O)CC(=O)O[C@@H]1CC[C@@]2(C)[C@@H]3CC[C@H]4[C@@](C)(CC[C@@H]5C(C)(C)[C@H](OC)CC[C@]54C)CC3=CC[C@@H]2C1(C)C. The van der Waals surface area contributed by atoms with E-state index in [2.05, 4.69) is 109 Å². The van der Waals surface area contributed by atoms with Crippen LogP contribution < -0.4 is 18.9 Å². The van der Waals surface area contributed by atoms with Gasteiger partial charge in [-0.3, -0.25) is 19.2 Å². The van der Waals surface area contributed by atoms with Crippen LogP contribution in [0.5, 0.6) is 23.0 Å². The third-order valence-electron chi connectivity index (χ3n) is 31.4. The fraction of sp³-hybridized carbons (Fsp3) is 0.708. The van der Waals surface area contributed by atoms with E-state index in [1.54, 1.807) is 59.7 Å². The molecule has 0 radical (unpaired) electrons. The van der Waals surface area contributed by atoms with Crippen LogP contribution in [0.4, 0.5) is 0 Å². The topological polar surface area (TPSA) is 183 Å². The average Bonchev–Trinajstić information content (AvgIpc) is 1.67. The van der Waals surface area contributed by atoms with Crippen LogP contribution in [0.1, 0.15) is 249 Å². The predicted octanol–water partition coefficient (Wildman–Crippen LogP) is 19.5. The van der Waals surface area contributed by atoms with E-state index in [-0.39, 0.29) is 95.1 Å². The van der Waals surface area contributed by atoms with Crippen molar-refractivity contribution in [1.29, 1.82) is 0 Å². The maximum atomic E-state index is 13.7. The van der Waals surface area contributed by atoms with E-state index >= 15 is 0 Å². The van der Waals surface area contributed by atoms with E-state index in [1.165, 1.54) is 109 Å². The number of hydrogen-bond donors (Lipinski definition) is 2. The molecule has 0 aliphatic heterocycles. The normalized spacial score (nSPS) is 38.6. The number of hydrogen-bond acceptors (Lipinski definition) is 14. The van der Waals surface area contributed by atoms with Crippen molar-refractivity contribution in [2.75, 3.05) is 28.4 Å². The van der Waals surface area contributed by atoms with Crippen molar-refractivity contribution < 1.29 is 67.3 Å². The molecule has 2 aromatic carbocycles. The van der Waals surface area contributed by atoms with E-state index in [1.807, 2.05) is 14.2 Å². The predicted molar refractivity (Wildman–Crippen MR) is 403 cm³/mol. The second-order valence-electron chi connectivity index (χ2n) is 38.1. The van der Waals surface area contributed by atoms with E-state index in [0.29, 0.717) is 70.7 Å². The van der Waals surface area contributed by atoms with Gasteiger partial charge in [-0.15, -0.1) is 0 Å². The highest BCUT2D eigenvalue weighted by Crippen LogP contribution is 2.73. The maximum Gasteiger partial charge on any atom is 0.322 e. The van der Waals surface area contributed by atoms with Gasteiger partial charge in [-0.05, 0) is 267 Å². The molecule has 19 atom stereocenters. The van der Waals surface area contributed by atoms with Crippen molar-refractivity contribution in [2.45, 2.75) is 269 Å². The second-order valence-corrected chi connectivity index (χ2v) is 38.1. The number of benzene rings is 2. The van der Waals surface area contributed by atoms with Gasteiger partial charge in [0.15, 0.2) is 23.0 Å². The Balaban J connectivity index is 0.593. The van der Waals surface area contributed by atoms with Gasteiger partial charge < -0.3 is 48.1 Å². The van der Waals surface area contributed by atoms with Gasteiger partial charge in [0, 0.05) is 25.0 Å². The first-order valence-electron chi connectivity index (χ1n) is 39.5. The lowest BCUT2D eigenvalue weighted by molar-refractivity contribution is -0.178. The summed E-state index contributed by atoms with van der Waals surface area (Å²) in [5.74, 6) is 2.07. The first-order chi connectivity index (χ1) is 48.4. The van der Waals surface area contributed by atoms with Crippen molar-refractivity contribution >= 4 is 36.0 Å². The highest BCUT2D eigenvalue weighted by atomic mass is 16.6. The minimum Gasteiger partial charge on any atom is -0.508 e. The van der Waals surface area contributed by atoms with Gasteiger partial charge in [-0.25, -0.2) is 0 Å². The highest BCUT2D eigenvalue weighted by molar-refractivity contribution is 5.93. The van der Waals surface area contributed by atoms with Crippen molar-refractivity contribution in [3.8, 4) is 23.0 Å². The third-order valence-corrected chi connectivity index (χ3v) is 31.4. The first kappa shape index (κ1) is 76.9. The Labute approximate surface area is 616 Å². The molecule has 10 aliphatic carbocycles. The zero-order valence-electron chi connectivity index (χ0n) is 65.9. The molecule has 566 valence electrons. The minimum absolute atomic E-state index is 0.0763. The summed E-state index contributed by atoms with van der Waals surface area (Å²) in [4.78, 5) is 54.2. The summed E-state index contributed by atoms with van der Waals surface area (Å²) in [7, 11) is 6.71. The maximum absolute atomic E-state index is 13.7. The number of esters is 4. The van der Waals surface area contributed by atoms with E-state index in [4.69, 9.17) is 37.9 Å². The summed E-state index contributed by atoms with van der Waals surface area (Å²) in [6.07, 6.45) is 32.6. The smallest absolute Gasteiger partial charge is 0.322 e. The molecule has 0 heterocycles. The molecule has 10 aliphatic rings. The fourth-order valence-electron chi connectivity index (χ4n) is 26.5. The third kappa shape index (κ3) is 13.9. The molecule has 0 aromatic heterocycles. The fourth-order valence-corrected chi connectivity index (χ4v) is 26.5. The summed E-state index contributed by atoms with van der Waals surface area (Å²) < 4.78 is 47.4. The summed E-state index contributed by atoms with van der Waals surface area (Å²) in [5.41, 5.74) is 5.51. The molecule has 0 amide bonds. The van der Waals surface area contributed by atoms with Gasteiger partial charge >= 0.3 is 23.9 Å². The van der Waals surface area contributed by atoms with Gasteiger partial charge in [0.1, 0.15) is 30.8 Å². The Bertz CT molecular complexity index is 3700. The Hall–Kier alpha value is -5.70. The minimum atomic E-state index is -1.20. The second kappa shape index (κ2) is 28.5. The number of methoxy groups -OCH3 is 4.